The van der Waals surface area contributed by atoms with Gasteiger partial charge in [0.05, 0.1) is 17.5 Å². The maximum Gasteiger partial charge on any atom is 0.417 e. The van der Waals surface area contributed by atoms with Gasteiger partial charge >= 0.3 is 6.18 Å². The van der Waals surface area contributed by atoms with E-state index in [9.17, 15) is 18.0 Å². The molecule has 0 aliphatic carbocycles. The third-order valence-electron chi connectivity index (χ3n) is 5.91. The summed E-state index contributed by atoms with van der Waals surface area (Å²) in [5.41, 5.74) is 7.01. The number of nitrogens with one attached hydrogen (secondary N) is 3. The number of halogens is 3. The molecule has 3 N–H and O–H groups in total. The number of hydrazine groups is 1. The van der Waals surface area contributed by atoms with Gasteiger partial charge in [0, 0.05) is 60.9 Å². The topological polar surface area (TPSA) is 102 Å². The van der Waals surface area contributed by atoms with Gasteiger partial charge in [0.2, 0.25) is 0 Å². The number of pyridine rings is 1. The van der Waals surface area contributed by atoms with Crippen LogP contribution in [0.25, 0.3) is 22.4 Å². The van der Waals surface area contributed by atoms with Gasteiger partial charge in [0.1, 0.15) is 12.0 Å². The summed E-state index contributed by atoms with van der Waals surface area (Å²) in [7, 11) is 1.79. The Morgan fingerprint density at radius 3 is 2.61 bits per heavy atom. The molecule has 1 aliphatic rings. The van der Waals surface area contributed by atoms with Crippen molar-refractivity contribution in [2.75, 3.05) is 5.32 Å². The Hall–Kier alpha value is -4.03. The number of alkyl halides is 3. The van der Waals surface area contributed by atoms with Crippen LogP contribution in [0.4, 0.5) is 19.0 Å². The summed E-state index contributed by atoms with van der Waals surface area (Å²) in [6.07, 6.45) is 2.16. The highest BCUT2D eigenvalue weighted by Gasteiger charge is 2.34. The van der Waals surface area contributed by atoms with E-state index in [0.29, 0.717) is 17.9 Å². The van der Waals surface area contributed by atoms with Crippen molar-refractivity contribution >= 4 is 11.7 Å². The minimum Gasteiger partial charge on any atom is -0.307 e. The second-order valence-corrected chi connectivity index (χ2v) is 8.66. The Labute approximate surface area is 204 Å². The van der Waals surface area contributed by atoms with Crippen molar-refractivity contribution in [2.45, 2.75) is 31.7 Å². The molecule has 5 rings (SSSR count). The van der Waals surface area contributed by atoms with Gasteiger partial charge in [0.25, 0.3) is 5.91 Å². The molecular formula is C24H23F3N8O. The number of nitrogens with zero attached hydrogens (tertiary/aromatic N) is 5. The lowest BCUT2D eigenvalue weighted by Crippen LogP contribution is -2.32. The number of hydrogen-bond acceptors (Lipinski definition) is 6. The number of aryl methyl sites for hydroxylation is 1. The highest BCUT2D eigenvalue weighted by molar-refractivity contribution is 6.05. The summed E-state index contributed by atoms with van der Waals surface area (Å²) >= 11 is 0. The van der Waals surface area contributed by atoms with Crippen molar-refractivity contribution in [1.82, 2.24) is 35.4 Å². The Bertz CT molecular complexity index is 1400. The Morgan fingerprint density at radius 2 is 1.97 bits per heavy atom. The van der Waals surface area contributed by atoms with E-state index in [0.717, 1.165) is 17.7 Å². The standard InChI is InChI=1S/C24H23F3N8O/c1-14-8-22(32-31-14)35-21(10-20(33-35)17-12-29-34(2)13-17)30-23(36)15-5-6-19(24(25,26)27)18(9-15)16-4-3-7-28-11-16/h3-7,9-14,22,31-32H,8H2,1-2H3,(H,30,36). The molecule has 0 saturated carbocycles. The van der Waals surface area contributed by atoms with E-state index in [1.54, 1.807) is 40.9 Å². The molecule has 4 heterocycles. The van der Waals surface area contributed by atoms with Crippen LogP contribution in [0, 0.1) is 0 Å². The average Bonchev–Trinajstić information content (AvgIpc) is 3.58. The quantitative estimate of drug-likeness (QED) is 0.386. The van der Waals surface area contributed by atoms with Crippen LogP contribution in [0.1, 0.15) is 35.4 Å². The average molecular weight is 496 g/mol. The molecular weight excluding hydrogens is 473 g/mol. The fourth-order valence-electron chi connectivity index (χ4n) is 4.15. The van der Waals surface area contributed by atoms with Crippen LogP contribution in [-0.4, -0.2) is 36.5 Å². The summed E-state index contributed by atoms with van der Waals surface area (Å²) in [6.45, 7) is 2.01. The van der Waals surface area contributed by atoms with Crippen molar-refractivity contribution in [3.8, 4) is 22.4 Å². The Morgan fingerprint density at radius 1 is 1.14 bits per heavy atom. The van der Waals surface area contributed by atoms with Crippen molar-refractivity contribution in [3.05, 3.63) is 72.3 Å². The molecule has 2 unspecified atom stereocenters. The molecule has 0 radical (unpaired) electrons. The van der Waals surface area contributed by atoms with Crippen LogP contribution < -0.4 is 16.2 Å². The van der Waals surface area contributed by atoms with Crippen molar-refractivity contribution in [3.63, 3.8) is 0 Å². The van der Waals surface area contributed by atoms with Crippen LogP contribution in [0.3, 0.4) is 0 Å². The lowest BCUT2D eigenvalue weighted by Gasteiger charge is -2.16. The molecule has 9 nitrogen and oxygen atoms in total. The predicted molar refractivity (Wildman–Crippen MR) is 126 cm³/mol. The SMILES string of the molecule is CC1CC(n2nc(-c3cnn(C)c3)cc2NC(=O)c2ccc(C(F)(F)F)c(-c3cccnc3)c2)NN1. The first-order valence-corrected chi connectivity index (χ1v) is 11.2. The van der Waals surface area contributed by atoms with E-state index in [4.69, 9.17) is 0 Å². The van der Waals surface area contributed by atoms with Crippen LogP contribution in [0.15, 0.2) is 61.2 Å². The zero-order chi connectivity index (χ0) is 25.4. The van der Waals surface area contributed by atoms with Gasteiger partial charge in [0.15, 0.2) is 0 Å². The van der Waals surface area contributed by atoms with E-state index in [1.165, 1.54) is 24.5 Å². The van der Waals surface area contributed by atoms with E-state index in [1.807, 2.05) is 6.92 Å². The number of anilines is 1. The van der Waals surface area contributed by atoms with E-state index in [-0.39, 0.29) is 28.9 Å². The summed E-state index contributed by atoms with van der Waals surface area (Å²) in [4.78, 5) is 17.2. The summed E-state index contributed by atoms with van der Waals surface area (Å²) in [6, 6.07) is 8.28. The second kappa shape index (κ2) is 9.21. The maximum atomic E-state index is 13.7. The molecule has 1 amide bonds. The Kier molecular flexibility index (Phi) is 6.06. The molecule has 1 saturated heterocycles. The minimum atomic E-state index is -4.59. The normalized spacial score (nSPS) is 17.9. The lowest BCUT2D eigenvalue weighted by molar-refractivity contribution is -0.137. The van der Waals surface area contributed by atoms with Gasteiger partial charge in [-0.2, -0.15) is 23.4 Å². The van der Waals surface area contributed by atoms with Crippen LogP contribution >= 0.6 is 0 Å². The first-order chi connectivity index (χ1) is 17.2. The summed E-state index contributed by atoms with van der Waals surface area (Å²) < 4.78 is 44.4. The number of aromatic nitrogens is 5. The van der Waals surface area contributed by atoms with Gasteiger partial charge in [-0.15, -0.1) is 0 Å². The van der Waals surface area contributed by atoms with E-state index >= 15 is 0 Å². The lowest BCUT2D eigenvalue weighted by atomic mass is 9.97. The third-order valence-corrected chi connectivity index (χ3v) is 5.91. The molecule has 0 spiro atoms. The van der Waals surface area contributed by atoms with Crippen molar-refractivity contribution in [1.29, 1.82) is 0 Å². The fraction of sp³-hybridized carbons (Fsp3) is 0.250. The van der Waals surface area contributed by atoms with Crippen LogP contribution in [-0.2, 0) is 13.2 Å². The second-order valence-electron chi connectivity index (χ2n) is 8.66. The number of carbonyl (C=O) groups is 1. The van der Waals surface area contributed by atoms with Gasteiger partial charge in [-0.3, -0.25) is 19.9 Å². The van der Waals surface area contributed by atoms with Gasteiger partial charge < -0.3 is 5.32 Å². The van der Waals surface area contributed by atoms with Gasteiger partial charge in [-0.25, -0.2) is 10.1 Å². The predicted octanol–water partition coefficient (Wildman–Crippen LogP) is 4.00. The zero-order valence-corrected chi connectivity index (χ0v) is 19.4. The molecule has 2 atom stereocenters. The molecule has 1 aromatic carbocycles. The number of carbonyl (C=O) groups excluding carboxylic acids is 1. The van der Waals surface area contributed by atoms with Crippen molar-refractivity contribution in [2.24, 2.45) is 7.05 Å². The highest BCUT2D eigenvalue weighted by Crippen LogP contribution is 2.37. The molecule has 4 aromatic rings. The molecule has 12 heteroatoms. The maximum absolute atomic E-state index is 13.7. The number of benzene rings is 1. The molecule has 0 bridgehead atoms. The first-order valence-electron chi connectivity index (χ1n) is 11.2. The molecule has 3 aromatic heterocycles. The van der Waals surface area contributed by atoms with Crippen LogP contribution in [0.5, 0.6) is 0 Å². The molecule has 36 heavy (non-hydrogen) atoms. The fourth-order valence-corrected chi connectivity index (χ4v) is 4.15. The van der Waals surface area contributed by atoms with E-state index < -0.39 is 17.6 Å². The van der Waals surface area contributed by atoms with Gasteiger partial charge in [-0.1, -0.05) is 6.07 Å². The molecule has 186 valence electrons. The summed E-state index contributed by atoms with van der Waals surface area (Å²) in [5.74, 6) is -0.165. The monoisotopic (exact) mass is 496 g/mol. The zero-order valence-electron chi connectivity index (χ0n) is 19.4. The van der Waals surface area contributed by atoms with Gasteiger partial charge in [-0.05, 0) is 36.8 Å². The van der Waals surface area contributed by atoms with Crippen LogP contribution in [0.2, 0.25) is 0 Å². The molecule has 1 fully saturated rings. The van der Waals surface area contributed by atoms with E-state index in [2.05, 4.69) is 31.3 Å². The minimum absolute atomic E-state index is 0.0726. The largest absolute Gasteiger partial charge is 0.417 e. The smallest absolute Gasteiger partial charge is 0.307 e. The first kappa shape index (κ1) is 23.7. The third kappa shape index (κ3) is 4.72. The summed E-state index contributed by atoms with van der Waals surface area (Å²) in [5, 5.41) is 11.7. The number of rotatable bonds is 5. The Balaban J connectivity index is 1.50. The number of hydrogen-bond donors (Lipinski definition) is 3. The highest BCUT2D eigenvalue weighted by atomic mass is 19.4. The number of amides is 1. The van der Waals surface area contributed by atoms with Crippen molar-refractivity contribution < 1.29 is 18.0 Å². The molecule has 1 aliphatic heterocycles.